The second-order valence-electron chi connectivity index (χ2n) is 5.83. The van der Waals surface area contributed by atoms with E-state index in [2.05, 4.69) is 6.92 Å². The molecule has 6 heteroatoms. The molecule has 0 aromatic heterocycles. The van der Waals surface area contributed by atoms with Gasteiger partial charge in [0.1, 0.15) is 0 Å². The van der Waals surface area contributed by atoms with E-state index in [0.717, 1.165) is 44.9 Å². The van der Waals surface area contributed by atoms with Crippen LogP contribution in [-0.4, -0.2) is 46.3 Å². The van der Waals surface area contributed by atoms with Crippen LogP contribution < -0.4 is 5.73 Å². The van der Waals surface area contributed by atoms with Crippen molar-refractivity contribution in [3.05, 3.63) is 12.2 Å². The van der Waals surface area contributed by atoms with Gasteiger partial charge in [-0.3, -0.25) is 4.79 Å². The summed E-state index contributed by atoms with van der Waals surface area (Å²) in [6.45, 7) is 3.07. The first-order valence-corrected chi connectivity index (χ1v) is 8.58. The van der Waals surface area contributed by atoms with Crippen LogP contribution in [0.4, 0.5) is 4.79 Å². The van der Waals surface area contributed by atoms with Gasteiger partial charge in [-0.05, 0) is 19.3 Å². The molecule has 0 aromatic rings. The zero-order valence-electron chi connectivity index (χ0n) is 14.2. The zero-order chi connectivity index (χ0) is 17.5. The van der Waals surface area contributed by atoms with E-state index in [1.54, 1.807) is 12.2 Å². The summed E-state index contributed by atoms with van der Waals surface area (Å²) in [5.74, 6) is -0.772. The van der Waals surface area contributed by atoms with Crippen molar-refractivity contribution < 1.29 is 19.8 Å². The number of unbranched alkanes of at least 4 members (excludes halogenated alkanes) is 5. The van der Waals surface area contributed by atoms with Gasteiger partial charge in [0, 0.05) is 19.5 Å². The number of nitrogens with two attached hydrogens (primary N) is 1. The molecular formula is C17H32N2O4. The van der Waals surface area contributed by atoms with Crippen molar-refractivity contribution in [3.63, 3.8) is 0 Å². The van der Waals surface area contributed by atoms with Crippen molar-refractivity contribution in [3.8, 4) is 0 Å². The molecule has 0 heterocycles. The number of amides is 2. The van der Waals surface area contributed by atoms with Gasteiger partial charge in [0.05, 0.1) is 6.10 Å². The van der Waals surface area contributed by atoms with Gasteiger partial charge in [-0.1, -0.05) is 51.2 Å². The Morgan fingerprint density at radius 3 is 2.43 bits per heavy atom. The standard InChI is InChI=1S/C17H32N2O4/c1-2-3-6-10-15(20)11-9-14-19(17(18)23)13-8-5-4-7-12-16(21)22/h9,11,15,20H,2-8,10,12-14H2,1H3,(H2,18,23)(H,21,22)/b11-9+/t15-/m0/s1. The van der Waals surface area contributed by atoms with Crippen LogP contribution in [0, 0.1) is 0 Å². The molecule has 4 N–H and O–H groups in total. The first-order chi connectivity index (χ1) is 11.0. The van der Waals surface area contributed by atoms with E-state index in [1.807, 2.05) is 0 Å². The normalized spacial score (nSPS) is 12.4. The van der Waals surface area contributed by atoms with Crippen LogP contribution in [0.2, 0.25) is 0 Å². The smallest absolute Gasteiger partial charge is 0.315 e. The van der Waals surface area contributed by atoms with Crippen molar-refractivity contribution in [1.82, 2.24) is 4.90 Å². The Labute approximate surface area is 139 Å². The Morgan fingerprint density at radius 1 is 1.13 bits per heavy atom. The Kier molecular flexibility index (Phi) is 13.1. The third-order valence-corrected chi connectivity index (χ3v) is 3.67. The zero-order valence-corrected chi connectivity index (χ0v) is 14.2. The number of nitrogens with zero attached hydrogens (tertiary/aromatic N) is 1. The summed E-state index contributed by atoms with van der Waals surface area (Å²) in [5, 5.41) is 18.3. The van der Waals surface area contributed by atoms with Crippen LogP contribution >= 0.6 is 0 Å². The number of aliphatic carboxylic acids is 1. The van der Waals surface area contributed by atoms with Crippen LogP contribution in [-0.2, 0) is 4.79 Å². The van der Waals surface area contributed by atoms with Gasteiger partial charge in [0.2, 0.25) is 0 Å². The molecule has 6 nitrogen and oxygen atoms in total. The molecule has 0 saturated carbocycles. The Balaban J connectivity index is 3.89. The highest BCUT2D eigenvalue weighted by Gasteiger charge is 2.07. The minimum atomic E-state index is -0.772. The molecule has 0 unspecified atom stereocenters. The summed E-state index contributed by atoms with van der Waals surface area (Å²) in [6.07, 6.45) is 10.4. The molecule has 0 aliphatic heterocycles. The lowest BCUT2D eigenvalue weighted by Crippen LogP contribution is -2.36. The van der Waals surface area contributed by atoms with E-state index in [4.69, 9.17) is 10.8 Å². The van der Waals surface area contributed by atoms with Crippen LogP contribution in [0.3, 0.4) is 0 Å². The van der Waals surface area contributed by atoms with Crippen molar-refractivity contribution in [1.29, 1.82) is 0 Å². The van der Waals surface area contributed by atoms with E-state index >= 15 is 0 Å². The van der Waals surface area contributed by atoms with Gasteiger partial charge in [0.25, 0.3) is 0 Å². The number of carbonyl (C=O) groups excluding carboxylic acids is 1. The second kappa shape index (κ2) is 14.1. The predicted octanol–water partition coefficient (Wildman–Crippen LogP) is 2.90. The predicted molar refractivity (Wildman–Crippen MR) is 91.2 cm³/mol. The average Bonchev–Trinajstić information content (AvgIpc) is 2.48. The summed E-state index contributed by atoms with van der Waals surface area (Å²) in [5.41, 5.74) is 5.35. The molecule has 0 saturated heterocycles. The maximum absolute atomic E-state index is 11.4. The van der Waals surface area contributed by atoms with Gasteiger partial charge < -0.3 is 20.8 Å². The fourth-order valence-electron chi connectivity index (χ4n) is 2.27. The Hall–Kier alpha value is -1.56. The highest BCUT2D eigenvalue weighted by Crippen LogP contribution is 2.06. The van der Waals surface area contributed by atoms with Crippen molar-refractivity contribution in [2.75, 3.05) is 13.1 Å². The fraction of sp³-hybridized carbons (Fsp3) is 0.765. The van der Waals surface area contributed by atoms with E-state index in [0.29, 0.717) is 19.5 Å². The summed E-state index contributed by atoms with van der Waals surface area (Å²) in [7, 11) is 0. The minimum Gasteiger partial charge on any atom is -0.481 e. The van der Waals surface area contributed by atoms with Crippen LogP contribution in [0.25, 0.3) is 0 Å². The van der Waals surface area contributed by atoms with Gasteiger partial charge in [0.15, 0.2) is 0 Å². The molecule has 0 rings (SSSR count). The quantitative estimate of drug-likeness (QED) is 0.337. The van der Waals surface area contributed by atoms with Crippen LogP contribution in [0.15, 0.2) is 12.2 Å². The molecule has 0 aliphatic rings. The maximum atomic E-state index is 11.4. The molecule has 0 radical (unpaired) electrons. The number of carbonyl (C=O) groups is 2. The lowest BCUT2D eigenvalue weighted by atomic mass is 10.1. The number of carboxylic acids is 1. The summed E-state index contributed by atoms with van der Waals surface area (Å²) < 4.78 is 0. The molecule has 134 valence electrons. The molecule has 0 bridgehead atoms. The number of aliphatic hydroxyl groups is 1. The Bertz CT molecular complexity index is 359. The van der Waals surface area contributed by atoms with Crippen molar-refractivity contribution in [2.45, 2.75) is 70.8 Å². The van der Waals surface area contributed by atoms with Gasteiger partial charge in [-0.15, -0.1) is 0 Å². The summed E-state index contributed by atoms with van der Waals surface area (Å²) in [4.78, 5) is 23.3. The highest BCUT2D eigenvalue weighted by molar-refractivity contribution is 5.72. The van der Waals surface area contributed by atoms with Gasteiger partial charge in [-0.25, -0.2) is 4.79 Å². The molecule has 0 aromatic carbocycles. The number of carboxylic acid groups (broad SMARTS) is 1. The average molecular weight is 328 g/mol. The highest BCUT2D eigenvalue weighted by atomic mass is 16.4. The molecule has 0 spiro atoms. The van der Waals surface area contributed by atoms with E-state index in [9.17, 15) is 14.7 Å². The number of rotatable bonds is 14. The lowest BCUT2D eigenvalue weighted by molar-refractivity contribution is -0.137. The molecule has 23 heavy (non-hydrogen) atoms. The number of urea groups is 1. The van der Waals surface area contributed by atoms with Crippen LogP contribution in [0.1, 0.15) is 64.7 Å². The number of hydrogen-bond acceptors (Lipinski definition) is 3. The molecular weight excluding hydrogens is 296 g/mol. The molecule has 0 aliphatic carbocycles. The minimum absolute atomic E-state index is 0.193. The number of hydrogen-bond donors (Lipinski definition) is 3. The Morgan fingerprint density at radius 2 is 1.83 bits per heavy atom. The fourth-order valence-corrected chi connectivity index (χ4v) is 2.27. The largest absolute Gasteiger partial charge is 0.481 e. The van der Waals surface area contributed by atoms with Gasteiger partial charge in [-0.2, -0.15) is 0 Å². The monoisotopic (exact) mass is 328 g/mol. The van der Waals surface area contributed by atoms with E-state index in [1.165, 1.54) is 4.90 Å². The summed E-state index contributed by atoms with van der Waals surface area (Å²) in [6, 6.07) is -0.472. The van der Waals surface area contributed by atoms with Gasteiger partial charge >= 0.3 is 12.0 Å². The maximum Gasteiger partial charge on any atom is 0.315 e. The topological polar surface area (TPSA) is 104 Å². The van der Waals surface area contributed by atoms with E-state index in [-0.39, 0.29) is 6.42 Å². The second-order valence-corrected chi connectivity index (χ2v) is 5.83. The third kappa shape index (κ3) is 13.8. The molecule has 0 fully saturated rings. The van der Waals surface area contributed by atoms with E-state index < -0.39 is 18.1 Å². The number of aliphatic hydroxyl groups excluding tert-OH is 1. The van der Waals surface area contributed by atoms with Crippen molar-refractivity contribution >= 4 is 12.0 Å². The summed E-state index contributed by atoms with van der Waals surface area (Å²) >= 11 is 0. The SMILES string of the molecule is CCCCC[C@H](O)/C=C/CN(CCCCCCC(=O)O)C(N)=O. The first-order valence-electron chi connectivity index (χ1n) is 8.58. The van der Waals surface area contributed by atoms with Crippen molar-refractivity contribution in [2.24, 2.45) is 5.73 Å². The number of primary amides is 1. The third-order valence-electron chi connectivity index (χ3n) is 3.67. The first kappa shape index (κ1) is 21.4. The molecule has 1 atom stereocenters. The lowest BCUT2D eigenvalue weighted by Gasteiger charge is -2.18. The van der Waals surface area contributed by atoms with Crippen LogP contribution in [0.5, 0.6) is 0 Å². The molecule has 2 amide bonds.